The van der Waals surface area contributed by atoms with Crippen molar-refractivity contribution in [2.45, 2.75) is 4.90 Å². The Morgan fingerprint density at radius 2 is 1.78 bits per heavy atom. The molecule has 0 aromatic heterocycles. The number of carbonyl (C=O) groups is 2. The normalized spacial score (nSPS) is 14.4. The molecule has 11 heteroatoms. The molecule has 1 heterocycles. The summed E-state index contributed by atoms with van der Waals surface area (Å²) in [5.74, 6) is -0.841. The second-order valence-electron chi connectivity index (χ2n) is 6.71. The van der Waals surface area contributed by atoms with E-state index in [0.717, 1.165) is 0 Å². The number of nitrogens with one attached hydrogen (secondary N) is 1. The Kier molecular flexibility index (Phi) is 7.67. The predicted molar refractivity (Wildman–Crippen MR) is 114 cm³/mol. The Hall–Kier alpha value is -3.15. The van der Waals surface area contributed by atoms with Crippen molar-refractivity contribution in [1.29, 1.82) is 0 Å². The van der Waals surface area contributed by atoms with Gasteiger partial charge in [0.2, 0.25) is 10.0 Å². The molecule has 32 heavy (non-hydrogen) atoms. The number of anilines is 1. The van der Waals surface area contributed by atoms with Gasteiger partial charge in [0.1, 0.15) is 5.56 Å². The highest BCUT2D eigenvalue weighted by molar-refractivity contribution is 7.89. The number of rotatable bonds is 8. The van der Waals surface area contributed by atoms with Gasteiger partial charge in [-0.2, -0.15) is 4.31 Å². The Bertz CT molecular complexity index is 1080. The number of para-hydroxylation sites is 1. The van der Waals surface area contributed by atoms with E-state index in [1.54, 1.807) is 18.2 Å². The summed E-state index contributed by atoms with van der Waals surface area (Å²) in [6.45, 7) is 0.628. The second-order valence-corrected chi connectivity index (χ2v) is 8.65. The average Bonchev–Trinajstić information content (AvgIpc) is 2.82. The average molecular weight is 464 g/mol. The largest absolute Gasteiger partial charge is 0.493 e. The Morgan fingerprint density at radius 1 is 1.06 bits per heavy atom. The summed E-state index contributed by atoms with van der Waals surface area (Å²) in [4.78, 5) is 24.7. The lowest BCUT2D eigenvalue weighted by atomic mass is 10.2. The zero-order chi connectivity index (χ0) is 23.1. The van der Waals surface area contributed by atoms with Gasteiger partial charge in [-0.25, -0.2) is 13.2 Å². The van der Waals surface area contributed by atoms with Crippen LogP contribution in [0.25, 0.3) is 0 Å². The van der Waals surface area contributed by atoms with Crippen molar-refractivity contribution in [2.24, 2.45) is 0 Å². The highest BCUT2D eigenvalue weighted by atomic mass is 32.2. The lowest BCUT2D eigenvalue weighted by molar-refractivity contribution is -0.119. The number of nitrogens with zero attached hydrogens (tertiary/aromatic N) is 1. The van der Waals surface area contributed by atoms with Gasteiger partial charge in [-0.05, 0) is 30.3 Å². The van der Waals surface area contributed by atoms with Gasteiger partial charge in [0.05, 0.1) is 32.3 Å². The third kappa shape index (κ3) is 5.36. The zero-order valence-corrected chi connectivity index (χ0v) is 18.5. The molecule has 1 N–H and O–H groups in total. The molecule has 1 aliphatic heterocycles. The van der Waals surface area contributed by atoms with Crippen molar-refractivity contribution < 1.29 is 37.0 Å². The molecule has 0 bridgehead atoms. The number of amides is 1. The van der Waals surface area contributed by atoms with E-state index in [4.69, 9.17) is 18.9 Å². The minimum atomic E-state index is -3.71. The van der Waals surface area contributed by atoms with Gasteiger partial charge in [0, 0.05) is 18.8 Å². The number of carbonyl (C=O) groups excluding carboxylic acids is 2. The van der Waals surface area contributed by atoms with E-state index in [9.17, 15) is 18.0 Å². The van der Waals surface area contributed by atoms with Gasteiger partial charge < -0.3 is 24.3 Å². The van der Waals surface area contributed by atoms with Crippen LogP contribution < -0.4 is 14.8 Å². The lowest BCUT2D eigenvalue weighted by Gasteiger charge is -2.26. The first-order valence-electron chi connectivity index (χ1n) is 9.72. The van der Waals surface area contributed by atoms with Crippen LogP contribution in [0.3, 0.4) is 0 Å². The molecule has 1 amide bonds. The number of hydrogen-bond donors (Lipinski definition) is 1. The smallest absolute Gasteiger partial charge is 0.342 e. The molecule has 172 valence electrons. The topological polar surface area (TPSA) is 120 Å². The standard InChI is InChI=1S/C21H24N2O8S/c1-28-18-8-4-7-17(20(18)29-2)21(25)31-14-19(24)22-15-5-3-6-16(13-15)32(26,27)23-9-11-30-12-10-23/h3-8,13H,9-12,14H2,1-2H3,(H,22,24). The zero-order valence-electron chi connectivity index (χ0n) is 17.7. The van der Waals surface area contributed by atoms with E-state index in [1.807, 2.05) is 0 Å². The lowest BCUT2D eigenvalue weighted by Crippen LogP contribution is -2.40. The molecule has 2 aromatic rings. The fourth-order valence-corrected chi connectivity index (χ4v) is 4.58. The van der Waals surface area contributed by atoms with E-state index in [-0.39, 0.29) is 35.0 Å². The number of sulfonamides is 1. The van der Waals surface area contributed by atoms with Crippen molar-refractivity contribution in [3.05, 3.63) is 48.0 Å². The quantitative estimate of drug-likeness (QED) is 0.584. The van der Waals surface area contributed by atoms with E-state index in [0.29, 0.717) is 19.0 Å². The predicted octanol–water partition coefficient (Wildman–Crippen LogP) is 1.52. The van der Waals surface area contributed by atoms with Gasteiger partial charge in [0.15, 0.2) is 18.1 Å². The number of hydrogen-bond acceptors (Lipinski definition) is 8. The van der Waals surface area contributed by atoms with Crippen LogP contribution in [-0.2, 0) is 24.3 Å². The fourth-order valence-electron chi connectivity index (χ4n) is 3.12. The Balaban J connectivity index is 1.63. The van der Waals surface area contributed by atoms with E-state index < -0.39 is 28.5 Å². The summed E-state index contributed by atoms with van der Waals surface area (Å²) in [6, 6.07) is 10.6. The number of morpholine rings is 1. The van der Waals surface area contributed by atoms with Crippen LogP contribution in [0, 0.1) is 0 Å². The number of esters is 1. The first-order chi connectivity index (χ1) is 15.4. The molecule has 3 rings (SSSR count). The van der Waals surface area contributed by atoms with Gasteiger partial charge >= 0.3 is 5.97 Å². The van der Waals surface area contributed by atoms with E-state index in [1.165, 1.54) is 42.8 Å². The van der Waals surface area contributed by atoms with Crippen molar-refractivity contribution in [3.8, 4) is 11.5 Å². The van der Waals surface area contributed by atoms with Gasteiger partial charge in [-0.1, -0.05) is 12.1 Å². The Labute approximate surface area is 186 Å². The molecular formula is C21H24N2O8S. The van der Waals surface area contributed by atoms with Gasteiger partial charge in [-0.3, -0.25) is 4.79 Å². The van der Waals surface area contributed by atoms with Crippen LogP contribution in [0.5, 0.6) is 11.5 Å². The van der Waals surface area contributed by atoms with Crippen molar-refractivity contribution in [1.82, 2.24) is 4.31 Å². The molecule has 0 unspecified atom stereocenters. The maximum Gasteiger partial charge on any atom is 0.342 e. The third-order valence-electron chi connectivity index (χ3n) is 4.68. The maximum absolute atomic E-state index is 12.8. The highest BCUT2D eigenvalue weighted by Gasteiger charge is 2.26. The molecule has 2 aromatic carbocycles. The summed E-state index contributed by atoms with van der Waals surface area (Å²) >= 11 is 0. The SMILES string of the molecule is COc1cccc(C(=O)OCC(=O)Nc2cccc(S(=O)(=O)N3CCOCC3)c2)c1OC. The number of ether oxygens (including phenoxy) is 4. The number of methoxy groups -OCH3 is 2. The molecule has 0 spiro atoms. The van der Waals surface area contributed by atoms with Crippen LogP contribution >= 0.6 is 0 Å². The van der Waals surface area contributed by atoms with Crippen LogP contribution in [0.1, 0.15) is 10.4 Å². The summed E-state index contributed by atoms with van der Waals surface area (Å²) in [6.07, 6.45) is 0. The van der Waals surface area contributed by atoms with Crippen molar-refractivity contribution >= 4 is 27.6 Å². The number of benzene rings is 2. The summed E-state index contributed by atoms with van der Waals surface area (Å²) in [5, 5.41) is 2.54. The first-order valence-corrected chi connectivity index (χ1v) is 11.2. The van der Waals surface area contributed by atoms with E-state index >= 15 is 0 Å². The van der Waals surface area contributed by atoms with Crippen LogP contribution in [0.2, 0.25) is 0 Å². The summed E-state index contributed by atoms with van der Waals surface area (Å²) in [5.41, 5.74) is 0.373. The molecular weight excluding hydrogens is 440 g/mol. The molecule has 0 aliphatic carbocycles. The second kappa shape index (κ2) is 10.4. The minimum absolute atomic E-state index is 0.0512. The van der Waals surface area contributed by atoms with Crippen LogP contribution in [0.15, 0.2) is 47.4 Å². The molecule has 1 aliphatic rings. The van der Waals surface area contributed by atoms with Crippen molar-refractivity contribution in [3.63, 3.8) is 0 Å². The fraction of sp³-hybridized carbons (Fsp3) is 0.333. The molecule has 1 fully saturated rings. The van der Waals surface area contributed by atoms with Gasteiger partial charge in [0.25, 0.3) is 5.91 Å². The molecule has 0 atom stereocenters. The molecule has 1 saturated heterocycles. The summed E-state index contributed by atoms with van der Waals surface area (Å²) in [7, 11) is -0.879. The first kappa shape index (κ1) is 23.5. The monoisotopic (exact) mass is 464 g/mol. The minimum Gasteiger partial charge on any atom is -0.493 e. The highest BCUT2D eigenvalue weighted by Crippen LogP contribution is 2.31. The third-order valence-corrected chi connectivity index (χ3v) is 6.58. The maximum atomic E-state index is 12.8. The Morgan fingerprint density at radius 3 is 2.47 bits per heavy atom. The molecule has 0 saturated carbocycles. The van der Waals surface area contributed by atoms with Crippen LogP contribution in [-0.4, -0.2) is 71.7 Å². The van der Waals surface area contributed by atoms with Gasteiger partial charge in [-0.15, -0.1) is 0 Å². The molecule has 0 radical (unpaired) electrons. The van der Waals surface area contributed by atoms with Crippen LogP contribution in [0.4, 0.5) is 5.69 Å². The van der Waals surface area contributed by atoms with E-state index in [2.05, 4.69) is 5.32 Å². The molecule has 10 nitrogen and oxygen atoms in total. The van der Waals surface area contributed by atoms with Crippen molar-refractivity contribution in [2.75, 3.05) is 52.4 Å². The summed E-state index contributed by atoms with van der Waals surface area (Å²) < 4.78 is 47.5.